The van der Waals surface area contributed by atoms with Crippen molar-refractivity contribution in [1.82, 2.24) is 5.32 Å². The molecule has 0 atom stereocenters. The van der Waals surface area contributed by atoms with Crippen molar-refractivity contribution < 1.29 is 19.2 Å². The molecule has 0 spiro atoms. The van der Waals surface area contributed by atoms with Crippen molar-refractivity contribution in [2.24, 2.45) is 0 Å². The van der Waals surface area contributed by atoms with Gasteiger partial charge in [-0.05, 0) is 37.6 Å². The monoisotopic (exact) mass is 385 g/mol. The minimum Gasteiger partial charge on any atom is -0.355 e. The Balaban J connectivity index is 1.89. The minimum atomic E-state index is -0.414. The molecule has 1 saturated heterocycles. The molecule has 1 fully saturated rings. The van der Waals surface area contributed by atoms with Crippen LogP contribution in [0.25, 0.3) is 0 Å². The summed E-state index contributed by atoms with van der Waals surface area (Å²) in [6, 6.07) is 6.33. The van der Waals surface area contributed by atoms with E-state index in [1.165, 1.54) is 24.5 Å². The topological polar surface area (TPSA) is 95.6 Å². The summed E-state index contributed by atoms with van der Waals surface area (Å²) in [4.78, 5) is 50.7. The highest BCUT2D eigenvalue weighted by Gasteiger charge is 2.30. The number of anilines is 2. The fraction of sp³-hybridized carbons (Fsp3) is 0.263. The first-order valence-corrected chi connectivity index (χ1v) is 9.24. The number of imide groups is 1. The minimum absolute atomic E-state index is 0.179. The summed E-state index contributed by atoms with van der Waals surface area (Å²) in [5.41, 5.74) is 1.93. The van der Waals surface area contributed by atoms with Crippen molar-refractivity contribution in [3.05, 3.63) is 45.8 Å². The van der Waals surface area contributed by atoms with Gasteiger partial charge in [-0.1, -0.05) is 6.07 Å². The number of rotatable bonds is 4. The van der Waals surface area contributed by atoms with Crippen molar-refractivity contribution in [2.75, 3.05) is 17.3 Å². The highest BCUT2D eigenvalue weighted by atomic mass is 32.1. The predicted molar refractivity (Wildman–Crippen MR) is 103 cm³/mol. The summed E-state index contributed by atoms with van der Waals surface area (Å²) in [6.45, 7) is 3.71. The van der Waals surface area contributed by atoms with Gasteiger partial charge < -0.3 is 10.6 Å². The fourth-order valence-electron chi connectivity index (χ4n) is 2.94. The number of carbonyl (C=O) groups is 4. The lowest BCUT2D eigenvalue weighted by molar-refractivity contribution is -0.121. The molecule has 2 heterocycles. The number of aryl methyl sites for hydroxylation is 1. The van der Waals surface area contributed by atoms with Crippen LogP contribution in [0.15, 0.2) is 24.3 Å². The molecular weight excluding hydrogens is 366 g/mol. The van der Waals surface area contributed by atoms with Gasteiger partial charge in [-0.3, -0.25) is 24.1 Å². The molecule has 1 aromatic heterocycles. The molecule has 4 amide bonds. The summed E-state index contributed by atoms with van der Waals surface area (Å²) < 4.78 is 0. The molecule has 140 valence electrons. The maximum atomic E-state index is 12.7. The molecule has 1 aliphatic rings. The first-order chi connectivity index (χ1) is 12.8. The molecule has 0 aliphatic carbocycles. The summed E-state index contributed by atoms with van der Waals surface area (Å²) in [6.07, 6.45) is 0.358. The molecule has 0 saturated carbocycles. The standard InChI is InChI=1S/C19H19N3O4S/c1-10-11(2)27-19(16(10)18(26)20-3)21-17(25)12-5-4-6-13(9-12)22-14(23)7-8-15(22)24/h4-6,9H,7-8H2,1-3H3,(H,20,26)(H,21,25). The highest BCUT2D eigenvalue weighted by Crippen LogP contribution is 2.33. The van der Waals surface area contributed by atoms with Gasteiger partial charge in [0.25, 0.3) is 11.8 Å². The molecule has 0 bridgehead atoms. The maximum absolute atomic E-state index is 12.7. The van der Waals surface area contributed by atoms with Crippen LogP contribution in [-0.2, 0) is 9.59 Å². The van der Waals surface area contributed by atoms with Crippen molar-refractivity contribution in [2.45, 2.75) is 26.7 Å². The van der Waals surface area contributed by atoms with E-state index in [1.54, 1.807) is 18.2 Å². The Morgan fingerprint density at radius 2 is 1.74 bits per heavy atom. The average molecular weight is 385 g/mol. The van der Waals surface area contributed by atoms with Crippen molar-refractivity contribution in [1.29, 1.82) is 0 Å². The van der Waals surface area contributed by atoms with Crippen LogP contribution >= 0.6 is 11.3 Å². The van der Waals surface area contributed by atoms with Crippen LogP contribution in [0.2, 0.25) is 0 Å². The highest BCUT2D eigenvalue weighted by molar-refractivity contribution is 7.16. The third-order valence-electron chi connectivity index (χ3n) is 4.48. The van der Waals surface area contributed by atoms with Gasteiger partial charge >= 0.3 is 0 Å². The molecule has 1 aromatic carbocycles. The summed E-state index contributed by atoms with van der Waals surface area (Å²) in [5.74, 6) is -1.23. The van der Waals surface area contributed by atoms with E-state index in [0.717, 1.165) is 15.3 Å². The number of hydrogen-bond acceptors (Lipinski definition) is 5. The van der Waals surface area contributed by atoms with Crippen LogP contribution in [0.4, 0.5) is 10.7 Å². The Labute approximate surface area is 160 Å². The van der Waals surface area contributed by atoms with E-state index in [2.05, 4.69) is 10.6 Å². The van der Waals surface area contributed by atoms with Crippen molar-refractivity contribution in [3.63, 3.8) is 0 Å². The molecule has 2 aromatic rings. The Morgan fingerprint density at radius 3 is 2.37 bits per heavy atom. The molecule has 2 N–H and O–H groups in total. The summed E-state index contributed by atoms with van der Waals surface area (Å²) in [7, 11) is 1.54. The number of nitrogens with zero attached hydrogens (tertiary/aromatic N) is 1. The zero-order chi connectivity index (χ0) is 19.7. The van der Waals surface area contributed by atoms with Crippen LogP contribution in [-0.4, -0.2) is 30.7 Å². The number of thiophene rings is 1. The van der Waals surface area contributed by atoms with Crippen LogP contribution in [0.1, 0.15) is 44.0 Å². The molecular formula is C19H19N3O4S. The second-order valence-electron chi connectivity index (χ2n) is 6.19. The zero-order valence-corrected chi connectivity index (χ0v) is 16.0. The quantitative estimate of drug-likeness (QED) is 0.791. The second kappa shape index (κ2) is 7.32. The Hall–Kier alpha value is -3.00. The number of hydrogen-bond donors (Lipinski definition) is 2. The van der Waals surface area contributed by atoms with Crippen molar-refractivity contribution >= 4 is 45.7 Å². The van der Waals surface area contributed by atoms with Crippen LogP contribution in [0, 0.1) is 13.8 Å². The molecule has 8 heteroatoms. The zero-order valence-electron chi connectivity index (χ0n) is 15.2. The van der Waals surface area contributed by atoms with Crippen LogP contribution in [0.3, 0.4) is 0 Å². The lowest BCUT2D eigenvalue weighted by Crippen LogP contribution is -2.28. The average Bonchev–Trinajstić information content (AvgIpc) is 3.13. The SMILES string of the molecule is CNC(=O)c1c(NC(=O)c2cccc(N3C(=O)CCC3=O)c2)sc(C)c1C. The number of nitrogens with one attached hydrogen (secondary N) is 2. The molecule has 3 rings (SSSR count). The van der Waals surface area contributed by atoms with Gasteiger partial charge in [0.05, 0.1) is 11.3 Å². The van der Waals surface area contributed by atoms with E-state index < -0.39 is 5.91 Å². The van der Waals surface area contributed by atoms with Gasteiger partial charge in [-0.25, -0.2) is 0 Å². The summed E-state index contributed by atoms with van der Waals surface area (Å²) >= 11 is 1.33. The van der Waals surface area contributed by atoms with Crippen molar-refractivity contribution in [3.8, 4) is 0 Å². The first kappa shape index (κ1) is 18.8. The number of benzene rings is 1. The molecule has 7 nitrogen and oxygen atoms in total. The van der Waals surface area contributed by atoms with Gasteiger partial charge in [0.1, 0.15) is 5.00 Å². The smallest absolute Gasteiger partial charge is 0.256 e. The van der Waals surface area contributed by atoms with E-state index in [-0.39, 0.29) is 30.6 Å². The summed E-state index contributed by atoms with van der Waals surface area (Å²) in [5, 5.41) is 5.82. The lowest BCUT2D eigenvalue weighted by Gasteiger charge is -2.15. The predicted octanol–water partition coefficient (Wildman–Crippen LogP) is 2.63. The van der Waals surface area contributed by atoms with E-state index in [4.69, 9.17) is 0 Å². The largest absolute Gasteiger partial charge is 0.355 e. The third-order valence-corrected chi connectivity index (χ3v) is 5.61. The van der Waals surface area contributed by atoms with E-state index >= 15 is 0 Å². The van der Waals surface area contributed by atoms with Gasteiger partial charge in [0, 0.05) is 30.3 Å². The Bertz CT molecular complexity index is 948. The van der Waals surface area contributed by atoms with Gasteiger partial charge in [-0.2, -0.15) is 0 Å². The molecule has 0 unspecified atom stereocenters. The fourth-order valence-corrected chi connectivity index (χ4v) is 3.99. The molecule has 1 aliphatic heterocycles. The third kappa shape index (κ3) is 3.48. The number of amides is 4. The Kier molecular flexibility index (Phi) is 5.09. The van der Waals surface area contributed by atoms with Gasteiger partial charge in [-0.15, -0.1) is 11.3 Å². The van der Waals surface area contributed by atoms with Gasteiger partial charge in [0.15, 0.2) is 0 Å². The molecule has 27 heavy (non-hydrogen) atoms. The second-order valence-corrected chi connectivity index (χ2v) is 7.42. The van der Waals surface area contributed by atoms with Crippen LogP contribution in [0.5, 0.6) is 0 Å². The van der Waals surface area contributed by atoms with Crippen LogP contribution < -0.4 is 15.5 Å². The van der Waals surface area contributed by atoms with E-state index in [0.29, 0.717) is 21.8 Å². The van der Waals surface area contributed by atoms with Gasteiger partial charge in [0.2, 0.25) is 11.8 Å². The lowest BCUT2D eigenvalue weighted by atomic mass is 10.1. The number of carbonyl (C=O) groups excluding carboxylic acids is 4. The van der Waals surface area contributed by atoms with E-state index in [9.17, 15) is 19.2 Å². The maximum Gasteiger partial charge on any atom is 0.256 e. The normalized spacial score (nSPS) is 13.8. The Morgan fingerprint density at radius 1 is 1.07 bits per heavy atom. The van der Waals surface area contributed by atoms with E-state index in [1.807, 2.05) is 13.8 Å². The molecule has 0 radical (unpaired) electrons. The first-order valence-electron chi connectivity index (χ1n) is 8.42.